The average molecular weight is 282 g/mol. The number of sulfonamides is 1. The van der Waals surface area contributed by atoms with Gasteiger partial charge in [0.05, 0.1) is 17.2 Å². The highest BCUT2D eigenvalue weighted by Gasteiger charge is 2.50. The first-order valence-electron chi connectivity index (χ1n) is 7.45. The van der Waals surface area contributed by atoms with Gasteiger partial charge in [0.25, 0.3) is 0 Å². The van der Waals surface area contributed by atoms with Crippen molar-refractivity contribution in [3.8, 4) is 6.07 Å². The van der Waals surface area contributed by atoms with Crippen LogP contribution in [0.4, 0.5) is 0 Å². The van der Waals surface area contributed by atoms with Gasteiger partial charge in [-0.1, -0.05) is 32.1 Å². The second-order valence-corrected chi connectivity index (χ2v) is 8.43. The molecule has 0 heterocycles. The Morgan fingerprint density at radius 3 is 2.47 bits per heavy atom. The molecule has 0 radical (unpaired) electrons. The van der Waals surface area contributed by atoms with Crippen LogP contribution in [0.2, 0.25) is 0 Å². The molecule has 2 atom stereocenters. The van der Waals surface area contributed by atoms with E-state index in [9.17, 15) is 8.42 Å². The van der Waals surface area contributed by atoms with Crippen LogP contribution < -0.4 is 4.72 Å². The molecule has 0 aromatic rings. The first-order chi connectivity index (χ1) is 9.04. The van der Waals surface area contributed by atoms with E-state index in [2.05, 4.69) is 10.8 Å². The fourth-order valence-corrected chi connectivity index (χ4v) is 5.41. The SMILES string of the molecule is N#CC1(CS(=O)(=O)NC2CC2C2CCCCC2)CC1. The van der Waals surface area contributed by atoms with Crippen molar-refractivity contribution in [1.82, 2.24) is 4.72 Å². The van der Waals surface area contributed by atoms with Crippen LogP contribution in [0.5, 0.6) is 0 Å². The van der Waals surface area contributed by atoms with Crippen molar-refractivity contribution >= 4 is 10.0 Å². The van der Waals surface area contributed by atoms with Gasteiger partial charge in [-0.25, -0.2) is 13.1 Å². The molecule has 3 fully saturated rings. The third-order valence-corrected chi connectivity index (χ3v) is 6.58. The lowest BCUT2D eigenvalue weighted by Gasteiger charge is -2.21. The molecule has 4 nitrogen and oxygen atoms in total. The van der Waals surface area contributed by atoms with Gasteiger partial charge in [0.2, 0.25) is 10.0 Å². The van der Waals surface area contributed by atoms with Crippen molar-refractivity contribution in [3.63, 3.8) is 0 Å². The molecule has 3 saturated carbocycles. The standard InChI is InChI=1S/C14H22N2O2S/c15-9-14(6-7-14)10-19(17,18)16-13-8-12(13)11-4-2-1-3-5-11/h11-13,16H,1-8,10H2. The fraction of sp³-hybridized carbons (Fsp3) is 0.929. The highest BCUT2D eigenvalue weighted by Crippen LogP contribution is 2.47. The Bertz CT molecular complexity index is 484. The molecule has 19 heavy (non-hydrogen) atoms. The maximum absolute atomic E-state index is 12.1. The molecule has 106 valence electrons. The Labute approximate surface area is 115 Å². The van der Waals surface area contributed by atoms with E-state index in [0.717, 1.165) is 25.2 Å². The molecular formula is C14H22N2O2S. The molecule has 2 unspecified atom stereocenters. The van der Waals surface area contributed by atoms with Crippen molar-refractivity contribution in [2.75, 3.05) is 5.75 Å². The summed E-state index contributed by atoms with van der Waals surface area (Å²) in [6.45, 7) is 0. The number of nitrogens with zero attached hydrogens (tertiary/aromatic N) is 1. The van der Waals surface area contributed by atoms with Crippen molar-refractivity contribution in [3.05, 3.63) is 0 Å². The molecule has 1 N–H and O–H groups in total. The summed E-state index contributed by atoms with van der Waals surface area (Å²) in [5.74, 6) is 1.30. The summed E-state index contributed by atoms with van der Waals surface area (Å²) in [5, 5.41) is 8.98. The minimum Gasteiger partial charge on any atom is -0.212 e. The van der Waals surface area contributed by atoms with E-state index < -0.39 is 15.4 Å². The van der Waals surface area contributed by atoms with E-state index in [1.807, 2.05) is 0 Å². The Kier molecular flexibility index (Phi) is 3.34. The van der Waals surface area contributed by atoms with Gasteiger partial charge in [-0.15, -0.1) is 0 Å². The summed E-state index contributed by atoms with van der Waals surface area (Å²) < 4.78 is 27.0. The van der Waals surface area contributed by atoms with Gasteiger partial charge < -0.3 is 0 Å². The monoisotopic (exact) mass is 282 g/mol. The maximum Gasteiger partial charge on any atom is 0.213 e. The predicted octanol–water partition coefficient (Wildman–Crippen LogP) is 2.18. The summed E-state index contributed by atoms with van der Waals surface area (Å²) in [7, 11) is -3.27. The summed E-state index contributed by atoms with van der Waals surface area (Å²) in [4.78, 5) is 0. The number of nitriles is 1. The lowest BCUT2D eigenvalue weighted by molar-refractivity contribution is 0.316. The number of nitrogens with one attached hydrogen (secondary N) is 1. The van der Waals surface area contributed by atoms with Crippen LogP contribution in [0.1, 0.15) is 51.4 Å². The minimum absolute atomic E-state index is 0.00435. The predicted molar refractivity (Wildman–Crippen MR) is 72.7 cm³/mol. The van der Waals surface area contributed by atoms with Crippen LogP contribution in [0.15, 0.2) is 0 Å². The summed E-state index contributed by atoms with van der Waals surface area (Å²) in [6.07, 6.45) is 8.96. The molecule has 0 saturated heterocycles. The zero-order valence-electron chi connectivity index (χ0n) is 11.3. The van der Waals surface area contributed by atoms with Crippen LogP contribution >= 0.6 is 0 Å². The molecule has 3 aliphatic rings. The second-order valence-electron chi connectivity index (χ2n) is 6.67. The first kappa shape index (κ1) is 13.4. The van der Waals surface area contributed by atoms with Crippen LogP contribution in [0.25, 0.3) is 0 Å². The highest BCUT2D eigenvalue weighted by molar-refractivity contribution is 7.89. The van der Waals surface area contributed by atoms with E-state index in [0.29, 0.717) is 5.92 Å². The summed E-state index contributed by atoms with van der Waals surface area (Å²) in [5.41, 5.74) is -0.568. The van der Waals surface area contributed by atoms with E-state index in [-0.39, 0.29) is 11.8 Å². The smallest absolute Gasteiger partial charge is 0.212 e. The molecule has 3 aliphatic carbocycles. The Balaban J connectivity index is 1.51. The fourth-order valence-electron chi connectivity index (χ4n) is 3.51. The van der Waals surface area contributed by atoms with Crippen LogP contribution in [0, 0.1) is 28.6 Å². The van der Waals surface area contributed by atoms with Gasteiger partial charge >= 0.3 is 0 Å². The van der Waals surface area contributed by atoms with E-state index in [4.69, 9.17) is 5.26 Å². The maximum atomic E-state index is 12.1. The normalized spacial score (nSPS) is 33.6. The molecule has 0 spiro atoms. The molecule has 0 aromatic heterocycles. The van der Waals surface area contributed by atoms with E-state index >= 15 is 0 Å². The third kappa shape index (κ3) is 3.11. The topological polar surface area (TPSA) is 70.0 Å². The van der Waals surface area contributed by atoms with Gasteiger partial charge in [0.1, 0.15) is 0 Å². The first-order valence-corrected chi connectivity index (χ1v) is 9.10. The third-order valence-electron chi connectivity index (χ3n) is 4.98. The number of rotatable bonds is 5. The molecule has 0 bridgehead atoms. The zero-order chi connectivity index (χ0) is 13.5. The van der Waals surface area contributed by atoms with Gasteiger partial charge in [0, 0.05) is 6.04 Å². The zero-order valence-corrected chi connectivity index (χ0v) is 12.1. The molecule has 3 rings (SSSR count). The van der Waals surface area contributed by atoms with Crippen LogP contribution in [-0.4, -0.2) is 20.2 Å². The second kappa shape index (κ2) is 4.75. The molecule has 0 aliphatic heterocycles. The molecule has 0 aromatic carbocycles. The van der Waals surface area contributed by atoms with Crippen LogP contribution in [-0.2, 0) is 10.0 Å². The summed E-state index contributed by atoms with van der Waals surface area (Å²) in [6, 6.07) is 2.31. The van der Waals surface area contributed by atoms with Crippen molar-refractivity contribution in [2.24, 2.45) is 17.3 Å². The Morgan fingerprint density at radius 1 is 1.21 bits per heavy atom. The number of hydrogen-bond donors (Lipinski definition) is 1. The highest BCUT2D eigenvalue weighted by atomic mass is 32.2. The lowest BCUT2D eigenvalue weighted by Crippen LogP contribution is -2.33. The van der Waals surface area contributed by atoms with Crippen molar-refractivity contribution < 1.29 is 8.42 Å². The van der Waals surface area contributed by atoms with E-state index in [1.54, 1.807) is 0 Å². The van der Waals surface area contributed by atoms with Crippen LogP contribution in [0.3, 0.4) is 0 Å². The van der Waals surface area contributed by atoms with Gasteiger partial charge in [-0.2, -0.15) is 5.26 Å². The largest absolute Gasteiger partial charge is 0.213 e. The quantitative estimate of drug-likeness (QED) is 0.840. The van der Waals surface area contributed by atoms with Gasteiger partial charge in [0.15, 0.2) is 0 Å². The van der Waals surface area contributed by atoms with Gasteiger partial charge in [-0.05, 0) is 31.1 Å². The molecule has 5 heteroatoms. The lowest BCUT2D eigenvalue weighted by atomic mass is 9.86. The summed E-state index contributed by atoms with van der Waals surface area (Å²) >= 11 is 0. The average Bonchev–Trinajstić information content (AvgIpc) is 3.28. The Morgan fingerprint density at radius 2 is 1.89 bits per heavy atom. The minimum atomic E-state index is -3.27. The van der Waals surface area contributed by atoms with E-state index in [1.165, 1.54) is 32.1 Å². The van der Waals surface area contributed by atoms with Gasteiger partial charge in [-0.3, -0.25) is 0 Å². The molecule has 0 amide bonds. The number of hydrogen-bond acceptors (Lipinski definition) is 3. The Hall–Kier alpha value is -0.600. The van der Waals surface area contributed by atoms with Crippen molar-refractivity contribution in [2.45, 2.75) is 57.4 Å². The molecular weight excluding hydrogens is 260 g/mol. The van der Waals surface area contributed by atoms with Crippen molar-refractivity contribution in [1.29, 1.82) is 5.26 Å².